The van der Waals surface area contributed by atoms with Crippen LogP contribution in [-0.4, -0.2) is 35.6 Å². The summed E-state index contributed by atoms with van der Waals surface area (Å²) in [6, 6.07) is 0.574. The van der Waals surface area contributed by atoms with E-state index in [4.69, 9.17) is 5.11 Å². The Labute approximate surface area is 112 Å². The Morgan fingerprint density at radius 3 is 2.17 bits per heavy atom. The van der Waals surface area contributed by atoms with Crippen LogP contribution < -0.4 is 0 Å². The number of carboxylic acid groups (broad SMARTS) is 1. The second kappa shape index (κ2) is 6.05. The fourth-order valence-corrected chi connectivity index (χ4v) is 3.04. The van der Waals surface area contributed by atoms with Crippen LogP contribution in [0.3, 0.4) is 0 Å². The summed E-state index contributed by atoms with van der Waals surface area (Å²) in [5.41, 5.74) is 0.415. The minimum Gasteiger partial charge on any atom is -0.481 e. The molecule has 0 heterocycles. The number of rotatable bonds is 4. The molecular formula is C15H29NO2. The van der Waals surface area contributed by atoms with Crippen LogP contribution in [-0.2, 0) is 4.79 Å². The highest BCUT2D eigenvalue weighted by Crippen LogP contribution is 2.38. The maximum atomic E-state index is 10.9. The molecule has 1 fully saturated rings. The average Bonchev–Trinajstić information content (AvgIpc) is 2.27. The van der Waals surface area contributed by atoms with Gasteiger partial charge in [-0.15, -0.1) is 0 Å². The molecule has 0 aromatic heterocycles. The monoisotopic (exact) mass is 255 g/mol. The molecule has 0 saturated heterocycles. The van der Waals surface area contributed by atoms with Gasteiger partial charge in [0.15, 0.2) is 0 Å². The number of carbonyl (C=O) groups is 1. The number of nitrogens with zero attached hydrogens (tertiary/aromatic N) is 1. The zero-order valence-corrected chi connectivity index (χ0v) is 12.6. The smallest absolute Gasteiger partial charge is 0.307 e. The van der Waals surface area contributed by atoms with Gasteiger partial charge in [-0.3, -0.25) is 4.79 Å². The highest BCUT2D eigenvalue weighted by atomic mass is 16.4. The Bertz CT molecular complexity index is 275. The molecule has 18 heavy (non-hydrogen) atoms. The SMILES string of the molecule is CC(CN(C)C1CCC(C(C)(C)C)CC1)C(=O)O. The molecule has 3 heteroatoms. The Hall–Kier alpha value is -0.570. The van der Waals surface area contributed by atoms with Crippen LogP contribution in [0, 0.1) is 17.3 Å². The fourth-order valence-electron chi connectivity index (χ4n) is 3.04. The van der Waals surface area contributed by atoms with E-state index in [9.17, 15) is 4.79 Å². The first kappa shape index (κ1) is 15.5. The van der Waals surface area contributed by atoms with E-state index in [2.05, 4.69) is 32.7 Å². The molecule has 0 amide bonds. The topological polar surface area (TPSA) is 40.5 Å². The molecule has 1 rings (SSSR count). The Morgan fingerprint density at radius 1 is 1.28 bits per heavy atom. The van der Waals surface area contributed by atoms with Crippen LogP contribution in [0.4, 0.5) is 0 Å². The summed E-state index contributed by atoms with van der Waals surface area (Å²) in [4.78, 5) is 13.1. The van der Waals surface area contributed by atoms with E-state index < -0.39 is 5.97 Å². The number of hydrogen-bond acceptors (Lipinski definition) is 2. The Kier molecular flexibility index (Phi) is 5.20. The van der Waals surface area contributed by atoms with Gasteiger partial charge in [-0.25, -0.2) is 0 Å². The summed E-state index contributed by atoms with van der Waals surface area (Å²) in [5, 5.41) is 8.95. The second-order valence-corrected chi connectivity index (χ2v) is 7.05. The zero-order chi connectivity index (χ0) is 13.9. The van der Waals surface area contributed by atoms with Crippen molar-refractivity contribution in [3.63, 3.8) is 0 Å². The van der Waals surface area contributed by atoms with Crippen LogP contribution in [0.15, 0.2) is 0 Å². The number of aliphatic carboxylic acids is 1. The molecule has 1 unspecified atom stereocenters. The van der Waals surface area contributed by atoms with Crippen molar-refractivity contribution in [1.82, 2.24) is 4.90 Å². The van der Waals surface area contributed by atoms with E-state index in [1.165, 1.54) is 25.7 Å². The predicted molar refractivity (Wildman–Crippen MR) is 74.6 cm³/mol. The summed E-state index contributed by atoms with van der Waals surface area (Å²) >= 11 is 0. The first-order chi connectivity index (χ1) is 8.21. The van der Waals surface area contributed by atoms with Gasteiger partial charge >= 0.3 is 5.97 Å². The van der Waals surface area contributed by atoms with Crippen molar-refractivity contribution < 1.29 is 9.90 Å². The van der Waals surface area contributed by atoms with Crippen molar-refractivity contribution in [2.45, 2.75) is 59.4 Å². The summed E-state index contributed by atoms with van der Waals surface area (Å²) in [6.45, 7) is 9.44. The minimum absolute atomic E-state index is 0.268. The number of hydrogen-bond donors (Lipinski definition) is 1. The van der Waals surface area contributed by atoms with E-state index in [1.54, 1.807) is 6.92 Å². The third-order valence-electron chi connectivity index (χ3n) is 4.53. The highest BCUT2D eigenvalue weighted by Gasteiger charge is 2.31. The molecule has 0 radical (unpaired) electrons. The Balaban J connectivity index is 2.41. The maximum absolute atomic E-state index is 10.9. The third kappa shape index (κ3) is 4.27. The molecule has 1 atom stereocenters. The van der Waals surface area contributed by atoms with Gasteiger partial charge in [-0.1, -0.05) is 27.7 Å². The molecule has 1 aliphatic rings. The minimum atomic E-state index is -0.690. The lowest BCUT2D eigenvalue weighted by molar-refractivity contribution is -0.141. The van der Waals surface area contributed by atoms with Crippen molar-refractivity contribution >= 4 is 5.97 Å². The molecule has 1 saturated carbocycles. The van der Waals surface area contributed by atoms with Crippen molar-refractivity contribution in [2.75, 3.05) is 13.6 Å². The van der Waals surface area contributed by atoms with Crippen molar-refractivity contribution in [2.24, 2.45) is 17.3 Å². The molecular weight excluding hydrogens is 226 g/mol. The van der Waals surface area contributed by atoms with Crippen molar-refractivity contribution in [1.29, 1.82) is 0 Å². The molecule has 0 spiro atoms. The van der Waals surface area contributed by atoms with E-state index in [0.29, 0.717) is 18.0 Å². The molecule has 0 aliphatic heterocycles. The van der Waals surface area contributed by atoms with Crippen LogP contribution in [0.2, 0.25) is 0 Å². The van der Waals surface area contributed by atoms with Gasteiger partial charge in [0.25, 0.3) is 0 Å². The second-order valence-electron chi connectivity index (χ2n) is 7.05. The van der Waals surface area contributed by atoms with E-state index in [0.717, 1.165) is 5.92 Å². The number of carboxylic acids is 1. The normalized spacial score (nSPS) is 27.2. The summed E-state index contributed by atoms with van der Waals surface area (Å²) < 4.78 is 0. The summed E-state index contributed by atoms with van der Waals surface area (Å²) in [6.07, 6.45) is 4.98. The van der Waals surface area contributed by atoms with Crippen LogP contribution >= 0.6 is 0 Å². The molecule has 106 valence electrons. The van der Waals surface area contributed by atoms with Crippen LogP contribution in [0.25, 0.3) is 0 Å². The first-order valence-electron chi connectivity index (χ1n) is 7.15. The van der Waals surface area contributed by atoms with Gasteiger partial charge in [0.05, 0.1) is 5.92 Å². The lowest BCUT2D eigenvalue weighted by Gasteiger charge is -2.40. The quantitative estimate of drug-likeness (QED) is 0.838. The molecule has 3 nitrogen and oxygen atoms in total. The predicted octanol–water partition coefficient (Wildman–Crippen LogP) is 3.24. The highest BCUT2D eigenvalue weighted by molar-refractivity contribution is 5.69. The molecule has 0 aromatic rings. The van der Waals surface area contributed by atoms with Crippen LogP contribution in [0.1, 0.15) is 53.4 Å². The van der Waals surface area contributed by atoms with Crippen molar-refractivity contribution in [3.05, 3.63) is 0 Å². The van der Waals surface area contributed by atoms with Crippen LogP contribution in [0.5, 0.6) is 0 Å². The lowest BCUT2D eigenvalue weighted by Crippen LogP contribution is -2.40. The molecule has 1 N–H and O–H groups in total. The largest absolute Gasteiger partial charge is 0.481 e. The standard InChI is InChI=1S/C15H29NO2/c1-11(14(17)18)10-16(5)13-8-6-12(7-9-13)15(2,3)4/h11-13H,6-10H2,1-5H3,(H,17,18). The third-order valence-corrected chi connectivity index (χ3v) is 4.53. The van der Waals surface area contributed by atoms with Gasteiger partial charge in [0.2, 0.25) is 0 Å². The van der Waals surface area contributed by atoms with Crippen molar-refractivity contribution in [3.8, 4) is 0 Å². The van der Waals surface area contributed by atoms with Gasteiger partial charge in [0.1, 0.15) is 0 Å². The average molecular weight is 255 g/mol. The van der Waals surface area contributed by atoms with E-state index >= 15 is 0 Å². The zero-order valence-electron chi connectivity index (χ0n) is 12.6. The van der Waals surface area contributed by atoms with E-state index in [-0.39, 0.29) is 5.92 Å². The Morgan fingerprint density at radius 2 is 1.78 bits per heavy atom. The fraction of sp³-hybridized carbons (Fsp3) is 0.933. The van der Waals surface area contributed by atoms with Gasteiger partial charge < -0.3 is 10.0 Å². The van der Waals surface area contributed by atoms with Gasteiger partial charge in [0, 0.05) is 12.6 Å². The maximum Gasteiger partial charge on any atom is 0.307 e. The molecule has 0 aromatic carbocycles. The first-order valence-corrected chi connectivity index (χ1v) is 7.15. The molecule has 0 bridgehead atoms. The van der Waals surface area contributed by atoms with E-state index in [1.807, 2.05) is 0 Å². The van der Waals surface area contributed by atoms with Gasteiger partial charge in [-0.05, 0) is 44.1 Å². The summed E-state index contributed by atoms with van der Waals surface area (Å²) in [5.74, 6) is -0.139. The van der Waals surface area contributed by atoms with Gasteiger partial charge in [-0.2, -0.15) is 0 Å². The lowest BCUT2D eigenvalue weighted by atomic mass is 9.71. The summed E-state index contributed by atoms with van der Waals surface area (Å²) in [7, 11) is 2.07. The molecule has 1 aliphatic carbocycles.